The number of fused-ring (bicyclic) bond motifs is 1. The highest BCUT2D eigenvalue weighted by Gasteiger charge is 2.07. The number of ether oxygens (including phenoxy) is 1. The maximum atomic E-state index is 12.4. The molecule has 5 heteroatoms. The van der Waals surface area contributed by atoms with E-state index >= 15 is 0 Å². The molecule has 0 aliphatic heterocycles. The quantitative estimate of drug-likeness (QED) is 0.595. The van der Waals surface area contributed by atoms with E-state index in [-0.39, 0.29) is 5.91 Å². The van der Waals surface area contributed by atoms with Crippen LogP contribution in [0.5, 0.6) is 11.5 Å². The molecule has 2 aromatic carbocycles. The highest BCUT2D eigenvalue weighted by Crippen LogP contribution is 2.21. The van der Waals surface area contributed by atoms with Crippen LogP contribution in [0, 0.1) is 0 Å². The second-order valence-corrected chi connectivity index (χ2v) is 5.86. The Labute approximate surface area is 150 Å². The van der Waals surface area contributed by atoms with Crippen molar-refractivity contribution in [2.24, 2.45) is 0 Å². The molecule has 2 heterocycles. The second kappa shape index (κ2) is 7.11. The molecule has 0 fully saturated rings. The van der Waals surface area contributed by atoms with E-state index in [2.05, 4.69) is 10.3 Å². The van der Waals surface area contributed by atoms with Crippen LogP contribution in [-0.2, 0) is 6.54 Å². The van der Waals surface area contributed by atoms with Gasteiger partial charge in [0.25, 0.3) is 5.91 Å². The van der Waals surface area contributed by atoms with E-state index in [4.69, 9.17) is 4.74 Å². The number of hydrogen-bond donors (Lipinski definition) is 1. The summed E-state index contributed by atoms with van der Waals surface area (Å²) < 4.78 is 7.65. The lowest BCUT2D eigenvalue weighted by Crippen LogP contribution is -2.23. The van der Waals surface area contributed by atoms with Crippen molar-refractivity contribution in [3.63, 3.8) is 0 Å². The molecule has 128 valence electrons. The molecule has 0 bridgehead atoms. The van der Waals surface area contributed by atoms with Gasteiger partial charge in [0.05, 0.1) is 5.56 Å². The van der Waals surface area contributed by atoms with Crippen molar-refractivity contribution in [2.75, 3.05) is 0 Å². The molecular weight excluding hydrogens is 326 g/mol. The highest BCUT2D eigenvalue weighted by atomic mass is 16.5. The summed E-state index contributed by atoms with van der Waals surface area (Å²) in [5, 5.41) is 2.93. The molecule has 0 saturated heterocycles. The van der Waals surface area contributed by atoms with E-state index in [1.54, 1.807) is 18.5 Å². The van der Waals surface area contributed by atoms with Crippen LogP contribution in [-0.4, -0.2) is 15.3 Å². The van der Waals surface area contributed by atoms with E-state index in [1.165, 1.54) is 0 Å². The molecule has 1 amide bonds. The van der Waals surface area contributed by atoms with Crippen LogP contribution in [0.4, 0.5) is 0 Å². The van der Waals surface area contributed by atoms with Crippen LogP contribution < -0.4 is 10.1 Å². The molecule has 5 nitrogen and oxygen atoms in total. The summed E-state index contributed by atoms with van der Waals surface area (Å²) >= 11 is 0. The average molecular weight is 343 g/mol. The minimum Gasteiger partial charge on any atom is -0.457 e. The number of aromatic nitrogens is 2. The zero-order valence-electron chi connectivity index (χ0n) is 14.0. The van der Waals surface area contributed by atoms with Crippen molar-refractivity contribution in [3.05, 3.63) is 96.4 Å². The third kappa shape index (κ3) is 3.57. The zero-order chi connectivity index (χ0) is 17.8. The standard InChI is InChI=1S/C21H17N3O2/c25-21(17-9-10-20-22-11-12-24(20)15-17)23-14-16-5-4-8-19(13-16)26-18-6-2-1-3-7-18/h1-13,15H,14H2,(H,23,25). The van der Waals surface area contributed by atoms with Crippen LogP contribution in [0.15, 0.2) is 85.3 Å². The summed E-state index contributed by atoms with van der Waals surface area (Å²) in [6.45, 7) is 0.423. The van der Waals surface area contributed by atoms with Crippen molar-refractivity contribution in [2.45, 2.75) is 6.54 Å². The van der Waals surface area contributed by atoms with Gasteiger partial charge in [0.1, 0.15) is 17.1 Å². The summed E-state index contributed by atoms with van der Waals surface area (Å²) in [6, 6.07) is 20.9. The predicted octanol–water partition coefficient (Wildman–Crippen LogP) is 4.06. The van der Waals surface area contributed by atoms with E-state index in [0.29, 0.717) is 12.1 Å². The summed E-state index contributed by atoms with van der Waals surface area (Å²) in [7, 11) is 0. The Kier molecular flexibility index (Phi) is 4.35. The Hall–Kier alpha value is -3.60. The Morgan fingerprint density at radius 3 is 2.73 bits per heavy atom. The van der Waals surface area contributed by atoms with E-state index in [1.807, 2.05) is 71.3 Å². The minimum absolute atomic E-state index is 0.130. The first-order valence-electron chi connectivity index (χ1n) is 8.31. The van der Waals surface area contributed by atoms with Gasteiger partial charge in [0.2, 0.25) is 0 Å². The predicted molar refractivity (Wildman–Crippen MR) is 99.3 cm³/mol. The zero-order valence-corrected chi connectivity index (χ0v) is 14.0. The number of pyridine rings is 1. The SMILES string of the molecule is O=C(NCc1cccc(Oc2ccccc2)c1)c1ccc2nccn2c1. The first-order valence-corrected chi connectivity index (χ1v) is 8.31. The van der Waals surface area contributed by atoms with Crippen molar-refractivity contribution in [1.82, 2.24) is 14.7 Å². The Morgan fingerprint density at radius 2 is 1.85 bits per heavy atom. The highest BCUT2D eigenvalue weighted by molar-refractivity contribution is 5.94. The molecular formula is C21H17N3O2. The molecule has 26 heavy (non-hydrogen) atoms. The molecule has 0 atom stereocenters. The Morgan fingerprint density at radius 1 is 1.00 bits per heavy atom. The number of amides is 1. The van der Waals surface area contributed by atoms with E-state index < -0.39 is 0 Å². The fourth-order valence-electron chi connectivity index (χ4n) is 2.68. The number of nitrogens with one attached hydrogen (secondary N) is 1. The summed E-state index contributed by atoms with van der Waals surface area (Å²) in [6.07, 6.45) is 5.29. The lowest BCUT2D eigenvalue weighted by atomic mass is 10.2. The van der Waals surface area contributed by atoms with E-state index in [0.717, 1.165) is 22.7 Å². The Bertz CT molecular complexity index is 1040. The molecule has 4 rings (SSSR count). The Balaban J connectivity index is 1.42. The monoisotopic (exact) mass is 343 g/mol. The van der Waals surface area contributed by atoms with Crippen molar-refractivity contribution >= 4 is 11.6 Å². The first kappa shape index (κ1) is 15.9. The first-order chi connectivity index (χ1) is 12.8. The largest absolute Gasteiger partial charge is 0.457 e. The van der Waals surface area contributed by atoms with Crippen LogP contribution in [0.25, 0.3) is 5.65 Å². The van der Waals surface area contributed by atoms with Gasteiger partial charge in [0, 0.05) is 25.1 Å². The lowest BCUT2D eigenvalue weighted by molar-refractivity contribution is 0.0950. The normalized spacial score (nSPS) is 10.6. The van der Waals surface area contributed by atoms with Crippen molar-refractivity contribution in [3.8, 4) is 11.5 Å². The smallest absolute Gasteiger partial charge is 0.253 e. The number of carbonyl (C=O) groups is 1. The minimum atomic E-state index is -0.130. The van der Waals surface area contributed by atoms with Gasteiger partial charge >= 0.3 is 0 Å². The van der Waals surface area contributed by atoms with Crippen molar-refractivity contribution in [1.29, 1.82) is 0 Å². The summed E-state index contributed by atoms with van der Waals surface area (Å²) in [4.78, 5) is 16.6. The van der Waals surface area contributed by atoms with Crippen LogP contribution in [0.1, 0.15) is 15.9 Å². The van der Waals surface area contributed by atoms with Gasteiger partial charge in [-0.2, -0.15) is 0 Å². The second-order valence-electron chi connectivity index (χ2n) is 5.86. The third-order valence-corrected chi connectivity index (χ3v) is 3.98. The maximum Gasteiger partial charge on any atom is 0.253 e. The number of imidazole rings is 1. The van der Waals surface area contributed by atoms with Gasteiger partial charge in [-0.05, 0) is 42.0 Å². The van der Waals surface area contributed by atoms with Gasteiger partial charge in [0.15, 0.2) is 0 Å². The fourth-order valence-corrected chi connectivity index (χ4v) is 2.68. The molecule has 0 aliphatic carbocycles. The van der Waals surface area contributed by atoms with Gasteiger partial charge in [-0.3, -0.25) is 4.79 Å². The number of benzene rings is 2. The molecule has 0 aliphatic rings. The summed E-state index contributed by atoms with van der Waals surface area (Å²) in [5.41, 5.74) is 2.37. The number of para-hydroxylation sites is 1. The van der Waals surface area contributed by atoms with E-state index in [9.17, 15) is 4.79 Å². The number of carbonyl (C=O) groups excluding carboxylic acids is 1. The maximum absolute atomic E-state index is 12.4. The molecule has 1 N–H and O–H groups in total. The van der Waals surface area contributed by atoms with Crippen LogP contribution in [0.3, 0.4) is 0 Å². The van der Waals surface area contributed by atoms with Crippen LogP contribution in [0.2, 0.25) is 0 Å². The van der Waals surface area contributed by atoms with Crippen LogP contribution >= 0.6 is 0 Å². The number of rotatable bonds is 5. The van der Waals surface area contributed by atoms with Gasteiger partial charge in [-0.15, -0.1) is 0 Å². The number of hydrogen-bond acceptors (Lipinski definition) is 3. The molecule has 0 radical (unpaired) electrons. The van der Waals surface area contributed by atoms with Gasteiger partial charge in [-0.25, -0.2) is 4.98 Å². The molecule has 4 aromatic rings. The molecule has 2 aromatic heterocycles. The molecule has 0 spiro atoms. The average Bonchev–Trinajstić information content (AvgIpc) is 3.15. The van der Waals surface area contributed by atoms with Gasteiger partial charge in [-0.1, -0.05) is 30.3 Å². The topological polar surface area (TPSA) is 55.6 Å². The van der Waals surface area contributed by atoms with Crippen molar-refractivity contribution < 1.29 is 9.53 Å². The molecule has 0 saturated carbocycles. The number of nitrogens with zero attached hydrogens (tertiary/aromatic N) is 2. The lowest BCUT2D eigenvalue weighted by Gasteiger charge is -2.09. The molecule has 0 unspecified atom stereocenters. The van der Waals surface area contributed by atoms with Gasteiger partial charge < -0.3 is 14.5 Å². The third-order valence-electron chi connectivity index (χ3n) is 3.98. The fraction of sp³-hybridized carbons (Fsp3) is 0.0476. The summed E-state index contributed by atoms with van der Waals surface area (Å²) in [5.74, 6) is 1.39.